The van der Waals surface area contributed by atoms with Crippen LogP contribution in [0.1, 0.15) is 13.3 Å². The van der Waals surface area contributed by atoms with Gasteiger partial charge in [-0.3, -0.25) is 10.1 Å². The van der Waals surface area contributed by atoms with E-state index < -0.39 is 0 Å². The smallest absolute Gasteiger partial charge is 0.236 e. The number of terminal acetylenes is 1. The molecule has 1 fully saturated rings. The van der Waals surface area contributed by atoms with Crippen molar-refractivity contribution < 1.29 is 9.53 Å². The molecule has 0 aromatic heterocycles. The Morgan fingerprint density at radius 3 is 3.20 bits per heavy atom. The summed E-state index contributed by atoms with van der Waals surface area (Å²) in [5.41, 5.74) is 0. The van der Waals surface area contributed by atoms with E-state index >= 15 is 0 Å². The SMILES string of the molecule is C#CCNCC(=O)N1CCOCC1CC. The van der Waals surface area contributed by atoms with Crippen molar-refractivity contribution in [2.75, 3.05) is 32.8 Å². The number of hydrogen-bond donors (Lipinski definition) is 1. The molecule has 15 heavy (non-hydrogen) atoms. The highest BCUT2D eigenvalue weighted by Crippen LogP contribution is 2.09. The summed E-state index contributed by atoms with van der Waals surface area (Å²) in [7, 11) is 0. The number of hydrogen-bond acceptors (Lipinski definition) is 3. The van der Waals surface area contributed by atoms with Crippen LogP contribution in [0.5, 0.6) is 0 Å². The van der Waals surface area contributed by atoms with Gasteiger partial charge in [0, 0.05) is 6.54 Å². The van der Waals surface area contributed by atoms with Gasteiger partial charge >= 0.3 is 0 Å². The molecular weight excluding hydrogens is 192 g/mol. The van der Waals surface area contributed by atoms with Crippen molar-refractivity contribution >= 4 is 5.91 Å². The number of ether oxygens (including phenoxy) is 1. The molecule has 0 saturated carbocycles. The Morgan fingerprint density at radius 2 is 2.53 bits per heavy atom. The summed E-state index contributed by atoms with van der Waals surface area (Å²) in [6.45, 7) is 4.80. The van der Waals surface area contributed by atoms with E-state index in [9.17, 15) is 4.79 Å². The minimum atomic E-state index is 0.111. The number of nitrogens with zero attached hydrogens (tertiary/aromatic N) is 1. The first-order valence-corrected chi connectivity index (χ1v) is 5.31. The van der Waals surface area contributed by atoms with Crippen LogP contribution in [0.2, 0.25) is 0 Å². The maximum atomic E-state index is 11.8. The van der Waals surface area contributed by atoms with Crippen molar-refractivity contribution in [3.05, 3.63) is 0 Å². The fourth-order valence-corrected chi connectivity index (χ4v) is 1.66. The van der Waals surface area contributed by atoms with Gasteiger partial charge in [-0.25, -0.2) is 0 Å². The van der Waals surface area contributed by atoms with Crippen LogP contribution in [0.4, 0.5) is 0 Å². The second kappa shape index (κ2) is 6.44. The second-order valence-corrected chi connectivity index (χ2v) is 3.53. The van der Waals surface area contributed by atoms with Crippen LogP contribution in [-0.2, 0) is 9.53 Å². The highest BCUT2D eigenvalue weighted by Gasteiger charge is 2.25. The summed E-state index contributed by atoms with van der Waals surface area (Å²) in [5.74, 6) is 2.56. The zero-order chi connectivity index (χ0) is 11.1. The van der Waals surface area contributed by atoms with Crippen LogP contribution in [0, 0.1) is 12.3 Å². The van der Waals surface area contributed by atoms with Crippen molar-refractivity contribution in [1.29, 1.82) is 0 Å². The predicted molar refractivity (Wildman–Crippen MR) is 58.3 cm³/mol. The molecule has 0 aromatic rings. The van der Waals surface area contributed by atoms with E-state index in [0.717, 1.165) is 6.42 Å². The van der Waals surface area contributed by atoms with Crippen molar-refractivity contribution in [2.24, 2.45) is 0 Å². The second-order valence-electron chi connectivity index (χ2n) is 3.53. The van der Waals surface area contributed by atoms with Crippen molar-refractivity contribution in [2.45, 2.75) is 19.4 Å². The van der Waals surface area contributed by atoms with E-state index in [1.807, 2.05) is 4.90 Å². The Kier molecular flexibility index (Phi) is 5.16. The van der Waals surface area contributed by atoms with Gasteiger partial charge < -0.3 is 9.64 Å². The van der Waals surface area contributed by atoms with Crippen LogP contribution < -0.4 is 5.32 Å². The number of morpholine rings is 1. The average Bonchev–Trinajstić information content (AvgIpc) is 2.29. The first kappa shape index (κ1) is 12.0. The molecule has 0 aliphatic carbocycles. The molecule has 1 heterocycles. The molecule has 1 unspecified atom stereocenters. The van der Waals surface area contributed by atoms with Gasteiger partial charge in [-0.1, -0.05) is 12.8 Å². The Hall–Kier alpha value is -1.05. The summed E-state index contributed by atoms with van der Waals surface area (Å²) in [4.78, 5) is 13.7. The summed E-state index contributed by atoms with van der Waals surface area (Å²) in [6, 6.07) is 0.221. The van der Waals surface area contributed by atoms with Crippen LogP contribution in [0.3, 0.4) is 0 Å². The number of nitrogens with one attached hydrogen (secondary N) is 1. The van der Waals surface area contributed by atoms with Crippen LogP contribution in [-0.4, -0.2) is 49.7 Å². The Bertz CT molecular complexity index is 247. The third kappa shape index (κ3) is 3.54. The standard InChI is InChI=1S/C11H18N2O2/c1-3-5-12-8-11(14)13-6-7-15-9-10(13)4-2/h1,10,12H,4-9H2,2H3. The van der Waals surface area contributed by atoms with Gasteiger partial charge in [0.2, 0.25) is 5.91 Å². The van der Waals surface area contributed by atoms with E-state index in [4.69, 9.17) is 11.2 Å². The fourth-order valence-electron chi connectivity index (χ4n) is 1.66. The lowest BCUT2D eigenvalue weighted by Crippen LogP contribution is -2.51. The maximum Gasteiger partial charge on any atom is 0.236 e. The van der Waals surface area contributed by atoms with Gasteiger partial charge in [0.25, 0.3) is 0 Å². The minimum Gasteiger partial charge on any atom is -0.377 e. The summed E-state index contributed by atoms with van der Waals surface area (Å²) in [6.07, 6.45) is 6.02. The quantitative estimate of drug-likeness (QED) is 0.518. The Morgan fingerprint density at radius 1 is 1.73 bits per heavy atom. The Balaban J connectivity index is 2.38. The molecule has 1 atom stereocenters. The lowest BCUT2D eigenvalue weighted by atomic mass is 10.2. The molecule has 84 valence electrons. The lowest BCUT2D eigenvalue weighted by molar-refractivity contribution is -0.138. The number of carbonyl (C=O) groups is 1. The molecule has 4 nitrogen and oxygen atoms in total. The normalized spacial score (nSPS) is 21.1. The number of amides is 1. The monoisotopic (exact) mass is 210 g/mol. The third-order valence-electron chi connectivity index (χ3n) is 2.52. The molecule has 0 radical (unpaired) electrons. The van der Waals surface area contributed by atoms with Gasteiger partial charge in [0.1, 0.15) is 0 Å². The molecular formula is C11H18N2O2. The van der Waals surface area contributed by atoms with Crippen LogP contribution >= 0.6 is 0 Å². The molecule has 0 spiro atoms. The van der Waals surface area contributed by atoms with Gasteiger partial charge in [0.05, 0.1) is 32.3 Å². The van der Waals surface area contributed by atoms with Gasteiger partial charge in [-0.05, 0) is 6.42 Å². The van der Waals surface area contributed by atoms with Gasteiger partial charge in [-0.2, -0.15) is 0 Å². The van der Waals surface area contributed by atoms with E-state index in [-0.39, 0.29) is 11.9 Å². The van der Waals surface area contributed by atoms with Crippen LogP contribution in [0.25, 0.3) is 0 Å². The maximum absolute atomic E-state index is 11.8. The van der Waals surface area contributed by atoms with Crippen molar-refractivity contribution in [3.8, 4) is 12.3 Å². The molecule has 4 heteroatoms. The fraction of sp³-hybridized carbons (Fsp3) is 0.727. The summed E-state index contributed by atoms with van der Waals surface area (Å²) < 4.78 is 5.33. The molecule has 1 N–H and O–H groups in total. The molecule has 0 aromatic carbocycles. The first-order chi connectivity index (χ1) is 7.29. The van der Waals surface area contributed by atoms with E-state index in [0.29, 0.717) is 32.8 Å². The zero-order valence-electron chi connectivity index (χ0n) is 9.16. The molecule has 1 amide bonds. The molecule has 1 aliphatic rings. The zero-order valence-corrected chi connectivity index (χ0v) is 9.16. The van der Waals surface area contributed by atoms with Crippen molar-refractivity contribution in [1.82, 2.24) is 10.2 Å². The first-order valence-electron chi connectivity index (χ1n) is 5.31. The van der Waals surface area contributed by atoms with Gasteiger partial charge in [-0.15, -0.1) is 6.42 Å². The number of carbonyl (C=O) groups excluding carboxylic acids is 1. The van der Waals surface area contributed by atoms with Crippen LogP contribution in [0.15, 0.2) is 0 Å². The number of rotatable bonds is 4. The van der Waals surface area contributed by atoms with E-state index in [1.54, 1.807) is 0 Å². The highest BCUT2D eigenvalue weighted by atomic mass is 16.5. The lowest BCUT2D eigenvalue weighted by Gasteiger charge is -2.35. The Labute approximate surface area is 91.0 Å². The largest absolute Gasteiger partial charge is 0.377 e. The summed E-state index contributed by atoms with van der Waals surface area (Å²) >= 11 is 0. The van der Waals surface area contributed by atoms with Gasteiger partial charge in [0.15, 0.2) is 0 Å². The average molecular weight is 210 g/mol. The van der Waals surface area contributed by atoms with E-state index in [2.05, 4.69) is 18.2 Å². The third-order valence-corrected chi connectivity index (χ3v) is 2.52. The van der Waals surface area contributed by atoms with E-state index in [1.165, 1.54) is 0 Å². The predicted octanol–water partition coefficient (Wildman–Crippen LogP) is -0.153. The molecule has 1 saturated heterocycles. The highest BCUT2D eigenvalue weighted by molar-refractivity contribution is 5.78. The minimum absolute atomic E-state index is 0.111. The topological polar surface area (TPSA) is 41.6 Å². The molecule has 0 bridgehead atoms. The summed E-state index contributed by atoms with van der Waals surface area (Å²) in [5, 5.41) is 2.91. The van der Waals surface area contributed by atoms with Crippen molar-refractivity contribution in [3.63, 3.8) is 0 Å². The molecule has 1 aliphatic heterocycles. The molecule has 1 rings (SSSR count).